The van der Waals surface area contributed by atoms with Crippen LogP contribution in [0, 0.1) is 6.92 Å². The molecular weight excluding hydrogens is 375 g/mol. The standard InChI is InChI=1S/C21H36O4.ClH.Na/c1-5-6-7-8-9-10-11-12-13-14-15-17-16(2)18(22)20(24-3)21(25-4)19(17)23;;/h22-23H,5-15H2,1-4H3;1H;/q;;+1/p-1. The SMILES string of the molecule is CCCCCCCCCCCCc1c(C)c(O)c(OC)c(OC)c1O.[Cl-].[Na+]. The molecule has 0 fully saturated rings. The van der Waals surface area contributed by atoms with Crippen LogP contribution in [0.1, 0.15) is 82.3 Å². The minimum Gasteiger partial charge on any atom is -1.00 e. The predicted molar refractivity (Wildman–Crippen MR) is 103 cm³/mol. The molecule has 0 aliphatic heterocycles. The number of phenols is 2. The Bertz CT molecular complexity index is 524. The van der Waals surface area contributed by atoms with E-state index in [4.69, 9.17) is 9.47 Å². The molecule has 27 heavy (non-hydrogen) atoms. The molecule has 0 saturated carbocycles. The Morgan fingerprint density at radius 3 is 1.56 bits per heavy atom. The molecule has 1 aromatic carbocycles. The molecule has 0 saturated heterocycles. The van der Waals surface area contributed by atoms with Gasteiger partial charge in [0.1, 0.15) is 0 Å². The Kier molecular flexibility index (Phi) is 17.8. The second-order valence-corrected chi connectivity index (χ2v) is 6.80. The Morgan fingerprint density at radius 2 is 1.11 bits per heavy atom. The van der Waals surface area contributed by atoms with Gasteiger partial charge in [-0.25, -0.2) is 0 Å². The molecule has 0 aliphatic carbocycles. The zero-order valence-corrected chi connectivity index (χ0v) is 20.6. The Labute approximate surface area is 193 Å². The Morgan fingerprint density at radius 1 is 0.704 bits per heavy atom. The first-order chi connectivity index (χ1) is 12.1. The summed E-state index contributed by atoms with van der Waals surface area (Å²) in [4.78, 5) is 0. The summed E-state index contributed by atoms with van der Waals surface area (Å²) in [6.07, 6.45) is 13.5. The van der Waals surface area contributed by atoms with Crippen LogP contribution < -0.4 is 51.4 Å². The van der Waals surface area contributed by atoms with Gasteiger partial charge >= 0.3 is 29.6 Å². The molecule has 0 spiro atoms. The maximum atomic E-state index is 10.4. The van der Waals surface area contributed by atoms with Crippen LogP contribution in [0.3, 0.4) is 0 Å². The third-order valence-electron chi connectivity index (χ3n) is 4.92. The number of halogens is 1. The van der Waals surface area contributed by atoms with Crippen molar-refractivity contribution in [2.24, 2.45) is 0 Å². The molecule has 1 aromatic rings. The zero-order valence-electron chi connectivity index (χ0n) is 17.9. The van der Waals surface area contributed by atoms with E-state index in [1.54, 1.807) is 0 Å². The fourth-order valence-corrected chi connectivity index (χ4v) is 3.32. The van der Waals surface area contributed by atoms with Gasteiger partial charge in [-0.05, 0) is 19.8 Å². The van der Waals surface area contributed by atoms with Gasteiger partial charge in [-0.2, -0.15) is 0 Å². The quantitative estimate of drug-likeness (QED) is 0.271. The van der Waals surface area contributed by atoms with Crippen LogP contribution in [-0.2, 0) is 6.42 Å². The maximum Gasteiger partial charge on any atom is 1.00 e. The fourth-order valence-electron chi connectivity index (χ4n) is 3.32. The summed E-state index contributed by atoms with van der Waals surface area (Å²) < 4.78 is 10.4. The summed E-state index contributed by atoms with van der Waals surface area (Å²) in [5.74, 6) is 0.557. The third kappa shape index (κ3) is 9.17. The molecule has 0 heterocycles. The average Bonchev–Trinajstić information content (AvgIpc) is 2.61. The predicted octanol–water partition coefficient (Wildman–Crippen LogP) is -0.105. The van der Waals surface area contributed by atoms with Crippen LogP contribution in [-0.4, -0.2) is 24.4 Å². The first kappa shape index (κ1) is 28.9. The normalized spacial score (nSPS) is 10.1. The zero-order chi connectivity index (χ0) is 18.7. The molecule has 0 atom stereocenters. The van der Waals surface area contributed by atoms with Crippen LogP contribution in [0.2, 0.25) is 0 Å². The van der Waals surface area contributed by atoms with Crippen LogP contribution in [0.5, 0.6) is 23.0 Å². The summed E-state index contributed by atoms with van der Waals surface area (Å²) >= 11 is 0. The number of aromatic hydroxyl groups is 2. The molecule has 0 amide bonds. The van der Waals surface area contributed by atoms with Crippen molar-refractivity contribution in [3.63, 3.8) is 0 Å². The van der Waals surface area contributed by atoms with Gasteiger partial charge in [-0.15, -0.1) is 0 Å². The maximum absolute atomic E-state index is 10.4. The van der Waals surface area contributed by atoms with E-state index in [-0.39, 0.29) is 65.0 Å². The topological polar surface area (TPSA) is 58.9 Å². The van der Waals surface area contributed by atoms with E-state index in [2.05, 4.69) is 6.92 Å². The number of hydrogen-bond acceptors (Lipinski definition) is 4. The first-order valence-corrected chi connectivity index (χ1v) is 9.73. The minimum atomic E-state index is 0. The number of rotatable bonds is 13. The van der Waals surface area contributed by atoms with Crippen molar-refractivity contribution in [2.75, 3.05) is 14.2 Å². The molecule has 0 radical (unpaired) electrons. The second kappa shape index (κ2) is 16.6. The molecule has 0 bridgehead atoms. The first-order valence-electron chi connectivity index (χ1n) is 9.73. The summed E-state index contributed by atoms with van der Waals surface area (Å²) in [6, 6.07) is 0. The number of methoxy groups -OCH3 is 2. The smallest absolute Gasteiger partial charge is 1.00 e. The summed E-state index contributed by atoms with van der Waals surface area (Å²) in [5.41, 5.74) is 1.43. The van der Waals surface area contributed by atoms with E-state index < -0.39 is 0 Å². The van der Waals surface area contributed by atoms with Crippen LogP contribution in [0.25, 0.3) is 0 Å². The molecule has 0 unspecified atom stereocenters. The minimum absolute atomic E-state index is 0. The molecule has 6 heteroatoms. The average molecular weight is 411 g/mol. The van der Waals surface area contributed by atoms with Crippen LogP contribution >= 0.6 is 0 Å². The van der Waals surface area contributed by atoms with Gasteiger partial charge in [-0.3, -0.25) is 0 Å². The van der Waals surface area contributed by atoms with Gasteiger partial charge in [-0.1, -0.05) is 64.7 Å². The largest absolute Gasteiger partial charge is 1.00 e. The molecular formula is C21H36ClNaO4. The number of benzene rings is 1. The summed E-state index contributed by atoms with van der Waals surface area (Å²) in [7, 11) is 2.93. The van der Waals surface area contributed by atoms with E-state index in [1.165, 1.54) is 65.6 Å². The van der Waals surface area contributed by atoms with Crippen molar-refractivity contribution in [1.29, 1.82) is 0 Å². The Hall–Kier alpha value is -0.290. The molecule has 1 rings (SSSR count). The Balaban J connectivity index is 0. The number of unbranched alkanes of at least 4 members (excludes halogenated alkanes) is 9. The van der Waals surface area contributed by atoms with E-state index in [1.807, 2.05) is 6.92 Å². The van der Waals surface area contributed by atoms with E-state index >= 15 is 0 Å². The van der Waals surface area contributed by atoms with Crippen molar-refractivity contribution >= 4 is 0 Å². The monoisotopic (exact) mass is 410 g/mol. The van der Waals surface area contributed by atoms with E-state index in [9.17, 15) is 10.2 Å². The molecule has 0 aromatic heterocycles. The van der Waals surface area contributed by atoms with Gasteiger partial charge in [0, 0.05) is 11.1 Å². The van der Waals surface area contributed by atoms with Gasteiger partial charge in [0.05, 0.1) is 14.2 Å². The molecule has 2 N–H and O–H groups in total. The molecule has 4 nitrogen and oxygen atoms in total. The third-order valence-corrected chi connectivity index (χ3v) is 4.92. The van der Waals surface area contributed by atoms with Crippen molar-refractivity contribution in [2.45, 2.75) is 84.5 Å². The summed E-state index contributed by atoms with van der Waals surface area (Å²) in [6.45, 7) is 4.06. The van der Waals surface area contributed by atoms with Gasteiger partial charge in [0.25, 0.3) is 0 Å². The molecule has 152 valence electrons. The van der Waals surface area contributed by atoms with Crippen molar-refractivity contribution in [3.8, 4) is 23.0 Å². The number of hydrogen-bond donors (Lipinski definition) is 2. The van der Waals surface area contributed by atoms with Crippen LogP contribution in [0.4, 0.5) is 0 Å². The van der Waals surface area contributed by atoms with Crippen LogP contribution in [0.15, 0.2) is 0 Å². The number of ether oxygens (including phenoxy) is 2. The fraction of sp³-hybridized carbons (Fsp3) is 0.714. The molecule has 0 aliphatic rings. The van der Waals surface area contributed by atoms with Crippen molar-refractivity contribution in [3.05, 3.63) is 11.1 Å². The van der Waals surface area contributed by atoms with Gasteiger partial charge in [0.2, 0.25) is 11.5 Å². The summed E-state index contributed by atoms with van der Waals surface area (Å²) in [5, 5.41) is 20.7. The van der Waals surface area contributed by atoms with Gasteiger partial charge in [0.15, 0.2) is 11.5 Å². The van der Waals surface area contributed by atoms with Crippen molar-refractivity contribution < 1.29 is 61.7 Å². The second-order valence-electron chi connectivity index (χ2n) is 6.80. The van der Waals surface area contributed by atoms with Crippen molar-refractivity contribution in [1.82, 2.24) is 0 Å². The van der Waals surface area contributed by atoms with E-state index in [0.717, 1.165) is 24.8 Å². The van der Waals surface area contributed by atoms with Gasteiger partial charge < -0.3 is 32.1 Å². The number of phenolic OH excluding ortho intramolecular Hbond substituents is 2. The van der Waals surface area contributed by atoms with E-state index in [0.29, 0.717) is 5.56 Å².